The van der Waals surface area contributed by atoms with E-state index in [1.807, 2.05) is 55.5 Å². The summed E-state index contributed by atoms with van der Waals surface area (Å²) >= 11 is 0. The van der Waals surface area contributed by atoms with E-state index in [0.717, 1.165) is 22.3 Å². The van der Waals surface area contributed by atoms with Crippen molar-refractivity contribution in [3.05, 3.63) is 89.5 Å². The van der Waals surface area contributed by atoms with Crippen molar-refractivity contribution in [3.8, 4) is 22.4 Å². The predicted octanol–water partition coefficient (Wildman–Crippen LogP) is 5.88. The van der Waals surface area contributed by atoms with Gasteiger partial charge < -0.3 is 5.11 Å². The second-order valence-corrected chi connectivity index (χ2v) is 6.83. The summed E-state index contributed by atoms with van der Waals surface area (Å²) in [5, 5.41) is 10.3. The Bertz CT molecular complexity index is 1160. The Hall–Kier alpha value is -3.46. The number of hydrogen-bond donors (Lipinski definition) is 1. The van der Waals surface area contributed by atoms with Crippen LogP contribution in [-0.4, -0.2) is 16.1 Å². The first-order valence-corrected chi connectivity index (χ1v) is 8.83. The quantitative estimate of drug-likeness (QED) is 0.500. The molecule has 3 aromatic carbocycles. The molecule has 0 amide bonds. The minimum atomic E-state index is -0.939. The van der Waals surface area contributed by atoms with Gasteiger partial charge in [-0.3, -0.25) is 0 Å². The van der Waals surface area contributed by atoms with Crippen molar-refractivity contribution in [2.75, 3.05) is 0 Å². The highest BCUT2D eigenvalue weighted by Crippen LogP contribution is 2.28. The zero-order valence-electron chi connectivity index (χ0n) is 15.2. The average molecular weight is 353 g/mol. The van der Waals surface area contributed by atoms with E-state index in [4.69, 9.17) is 0 Å². The molecule has 27 heavy (non-hydrogen) atoms. The molecule has 4 aromatic rings. The Morgan fingerprint density at radius 3 is 2.19 bits per heavy atom. The molecule has 4 rings (SSSR count). The summed E-state index contributed by atoms with van der Waals surface area (Å²) in [4.78, 5) is 16.4. The fourth-order valence-corrected chi connectivity index (χ4v) is 3.32. The van der Waals surface area contributed by atoms with E-state index in [-0.39, 0.29) is 5.56 Å². The lowest BCUT2D eigenvalue weighted by atomic mass is 9.99. The average Bonchev–Trinajstić information content (AvgIpc) is 2.67. The lowest BCUT2D eigenvalue weighted by Crippen LogP contribution is -2.00. The summed E-state index contributed by atoms with van der Waals surface area (Å²) in [6.07, 6.45) is 0. The Kier molecular flexibility index (Phi) is 4.21. The summed E-state index contributed by atoms with van der Waals surface area (Å²) in [6, 6.07) is 23.8. The predicted molar refractivity (Wildman–Crippen MR) is 109 cm³/mol. The number of pyridine rings is 1. The second kappa shape index (κ2) is 6.69. The molecule has 0 aliphatic rings. The fraction of sp³-hybridized carbons (Fsp3) is 0.0833. The second-order valence-electron chi connectivity index (χ2n) is 6.83. The summed E-state index contributed by atoms with van der Waals surface area (Å²) in [5.74, 6) is -0.939. The Labute approximate surface area is 157 Å². The van der Waals surface area contributed by atoms with Gasteiger partial charge in [0, 0.05) is 10.9 Å². The van der Waals surface area contributed by atoms with Gasteiger partial charge >= 0.3 is 5.97 Å². The number of carboxylic acids is 1. The molecule has 0 aliphatic carbocycles. The van der Waals surface area contributed by atoms with Crippen molar-refractivity contribution in [3.63, 3.8) is 0 Å². The van der Waals surface area contributed by atoms with Gasteiger partial charge in [0.15, 0.2) is 0 Å². The molecule has 132 valence electrons. The first-order chi connectivity index (χ1) is 13.0. The largest absolute Gasteiger partial charge is 0.478 e. The van der Waals surface area contributed by atoms with E-state index >= 15 is 0 Å². The molecule has 0 atom stereocenters. The maximum absolute atomic E-state index is 11.8. The molecule has 0 bridgehead atoms. The third-order valence-corrected chi connectivity index (χ3v) is 4.73. The van der Waals surface area contributed by atoms with Gasteiger partial charge in [0.25, 0.3) is 0 Å². The Morgan fingerprint density at radius 1 is 0.778 bits per heavy atom. The fourth-order valence-electron chi connectivity index (χ4n) is 3.32. The molecule has 1 heterocycles. The van der Waals surface area contributed by atoms with E-state index in [1.54, 1.807) is 6.07 Å². The first-order valence-electron chi connectivity index (χ1n) is 8.83. The van der Waals surface area contributed by atoms with E-state index in [0.29, 0.717) is 16.6 Å². The standard InChI is InChI=1S/C24H19NO2/c1-15-4-3-5-19(12-15)17-7-9-18(10-8-17)23-14-21(24(26)27)20-13-16(2)6-11-22(20)25-23/h3-14H,1-2H3,(H,26,27). The number of carboxylic acid groups (broad SMARTS) is 1. The maximum Gasteiger partial charge on any atom is 0.336 e. The number of nitrogens with zero attached hydrogens (tertiary/aromatic N) is 1. The zero-order valence-corrected chi connectivity index (χ0v) is 15.2. The number of aromatic nitrogens is 1. The molecule has 0 saturated heterocycles. The number of rotatable bonds is 3. The van der Waals surface area contributed by atoms with Crippen molar-refractivity contribution >= 4 is 16.9 Å². The molecule has 0 radical (unpaired) electrons. The van der Waals surface area contributed by atoms with Crippen LogP contribution in [0.5, 0.6) is 0 Å². The van der Waals surface area contributed by atoms with Crippen LogP contribution in [0.2, 0.25) is 0 Å². The molecule has 0 unspecified atom stereocenters. The molecule has 0 aliphatic heterocycles. The zero-order chi connectivity index (χ0) is 19.0. The number of benzene rings is 3. The van der Waals surface area contributed by atoms with E-state index in [1.165, 1.54) is 5.56 Å². The van der Waals surface area contributed by atoms with Crippen LogP contribution in [0, 0.1) is 13.8 Å². The van der Waals surface area contributed by atoms with Crippen molar-refractivity contribution < 1.29 is 9.90 Å². The van der Waals surface area contributed by atoms with Gasteiger partial charge in [0.1, 0.15) is 0 Å². The van der Waals surface area contributed by atoms with Gasteiger partial charge in [-0.05, 0) is 43.2 Å². The minimum Gasteiger partial charge on any atom is -0.478 e. The lowest BCUT2D eigenvalue weighted by molar-refractivity contribution is 0.0699. The summed E-state index contributed by atoms with van der Waals surface area (Å²) < 4.78 is 0. The number of fused-ring (bicyclic) bond motifs is 1. The van der Waals surface area contributed by atoms with Crippen LogP contribution in [0.3, 0.4) is 0 Å². The topological polar surface area (TPSA) is 50.2 Å². The van der Waals surface area contributed by atoms with Crippen LogP contribution in [0.25, 0.3) is 33.3 Å². The molecular weight excluding hydrogens is 334 g/mol. The van der Waals surface area contributed by atoms with Gasteiger partial charge in [0.05, 0.1) is 16.8 Å². The molecule has 1 aromatic heterocycles. The van der Waals surface area contributed by atoms with Crippen molar-refractivity contribution in [2.45, 2.75) is 13.8 Å². The molecule has 0 fully saturated rings. The van der Waals surface area contributed by atoms with Crippen LogP contribution in [0.1, 0.15) is 21.5 Å². The molecule has 3 nitrogen and oxygen atoms in total. The van der Waals surface area contributed by atoms with Gasteiger partial charge in [-0.1, -0.05) is 65.7 Å². The summed E-state index contributed by atoms with van der Waals surface area (Å²) in [6.45, 7) is 4.02. The highest BCUT2D eigenvalue weighted by Gasteiger charge is 2.13. The number of hydrogen-bond acceptors (Lipinski definition) is 2. The van der Waals surface area contributed by atoms with Gasteiger partial charge in [0.2, 0.25) is 0 Å². The Morgan fingerprint density at radius 2 is 1.48 bits per heavy atom. The highest BCUT2D eigenvalue weighted by molar-refractivity contribution is 6.04. The third kappa shape index (κ3) is 3.32. The Balaban J connectivity index is 1.80. The number of aryl methyl sites for hydroxylation is 2. The summed E-state index contributed by atoms with van der Waals surface area (Å²) in [5.41, 5.74) is 7.05. The molecule has 1 N–H and O–H groups in total. The van der Waals surface area contributed by atoms with Crippen LogP contribution in [-0.2, 0) is 0 Å². The normalized spacial score (nSPS) is 10.9. The molecular formula is C24H19NO2. The monoisotopic (exact) mass is 353 g/mol. The van der Waals surface area contributed by atoms with Crippen LogP contribution < -0.4 is 0 Å². The molecule has 0 spiro atoms. The lowest BCUT2D eigenvalue weighted by Gasteiger charge is -2.09. The van der Waals surface area contributed by atoms with Crippen LogP contribution >= 0.6 is 0 Å². The van der Waals surface area contributed by atoms with Gasteiger partial charge in [-0.25, -0.2) is 9.78 Å². The van der Waals surface area contributed by atoms with E-state index in [9.17, 15) is 9.90 Å². The summed E-state index contributed by atoms with van der Waals surface area (Å²) in [7, 11) is 0. The number of aromatic carboxylic acids is 1. The SMILES string of the molecule is Cc1cccc(-c2ccc(-c3cc(C(=O)O)c4cc(C)ccc4n3)cc2)c1. The highest BCUT2D eigenvalue weighted by atomic mass is 16.4. The van der Waals surface area contributed by atoms with Crippen LogP contribution in [0.15, 0.2) is 72.8 Å². The van der Waals surface area contributed by atoms with Crippen LogP contribution in [0.4, 0.5) is 0 Å². The van der Waals surface area contributed by atoms with Crippen molar-refractivity contribution in [1.82, 2.24) is 4.98 Å². The molecule has 0 saturated carbocycles. The minimum absolute atomic E-state index is 0.279. The van der Waals surface area contributed by atoms with Gasteiger partial charge in [-0.15, -0.1) is 0 Å². The van der Waals surface area contributed by atoms with Crippen molar-refractivity contribution in [2.24, 2.45) is 0 Å². The smallest absolute Gasteiger partial charge is 0.336 e. The van der Waals surface area contributed by atoms with Crippen molar-refractivity contribution in [1.29, 1.82) is 0 Å². The molecule has 3 heteroatoms. The van der Waals surface area contributed by atoms with E-state index < -0.39 is 5.97 Å². The number of carbonyl (C=O) groups is 1. The first kappa shape index (κ1) is 17.0. The van der Waals surface area contributed by atoms with Gasteiger partial charge in [-0.2, -0.15) is 0 Å². The maximum atomic E-state index is 11.8. The van der Waals surface area contributed by atoms with E-state index in [2.05, 4.69) is 30.1 Å². The third-order valence-electron chi connectivity index (χ3n) is 4.73.